The summed E-state index contributed by atoms with van der Waals surface area (Å²) in [5.41, 5.74) is 1.19. The highest BCUT2D eigenvalue weighted by Crippen LogP contribution is 2.04. The van der Waals surface area contributed by atoms with Gasteiger partial charge in [-0.25, -0.2) is 0 Å². The predicted molar refractivity (Wildman–Crippen MR) is 63.1 cm³/mol. The molecule has 15 heavy (non-hydrogen) atoms. The Hall–Kier alpha value is -1.02. The van der Waals surface area contributed by atoms with Crippen molar-refractivity contribution < 1.29 is 4.79 Å². The third-order valence-electron chi connectivity index (χ3n) is 2.20. The van der Waals surface area contributed by atoms with Crippen molar-refractivity contribution in [2.45, 2.75) is 25.8 Å². The molecular weight excluding hydrogens is 210 g/mol. The summed E-state index contributed by atoms with van der Waals surface area (Å²) in [6.07, 6.45) is 1.29. The monoisotopic (exact) mass is 225 g/mol. The van der Waals surface area contributed by atoms with Crippen molar-refractivity contribution in [2.24, 2.45) is 0 Å². The molecular formula is C12H16ClNO. The molecule has 0 saturated carbocycles. The maximum atomic E-state index is 11.2. The van der Waals surface area contributed by atoms with Crippen LogP contribution in [0.2, 0.25) is 0 Å². The Morgan fingerprint density at radius 3 is 2.60 bits per heavy atom. The molecule has 1 atom stereocenters. The molecule has 2 nitrogen and oxygen atoms in total. The second-order valence-corrected chi connectivity index (χ2v) is 3.77. The molecule has 0 heterocycles. The lowest BCUT2D eigenvalue weighted by Crippen LogP contribution is -2.37. The molecule has 82 valence electrons. The van der Waals surface area contributed by atoms with Gasteiger partial charge in [-0.1, -0.05) is 37.3 Å². The number of hydrogen-bond acceptors (Lipinski definition) is 1. The summed E-state index contributed by atoms with van der Waals surface area (Å²) in [7, 11) is 0. The number of alkyl halides is 1. The van der Waals surface area contributed by atoms with Crippen molar-refractivity contribution in [1.29, 1.82) is 0 Å². The van der Waals surface area contributed by atoms with E-state index in [0.717, 1.165) is 6.42 Å². The van der Waals surface area contributed by atoms with Crippen molar-refractivity contribution in [1.82, 2.24) is 5.32 Å². The molecule has 1 unspecified atom stereocenters. The lowest BCUT2D eigenvalue weighted by atomic mass is 10.1. The van der Waals surface area contributed by atoms with Crippen LogP contribution < -0.4 is 5.32 Å². The average Bonchev–Trinajstić information content (AvgIpc) is 2.29. The van der Waals surface area contributed by atoms with Crippen LogP contribution in [0.1, 0.15) is 18.9 Å². The van der Waals surface area contributed by atoms with Gasteiger partial charge in [0.25, 0.3) is 0 Å². The Balaban J connectivity index is 2.50. The SMILES string of the molecule is CCC(=O)NC(CCl)Cc1ccccc1. The van der Waals surface area contributed by atoms with Gasteiger partial charge in [0.15, 0.2) is 0 Å². The highest BCUT2D eigenvalue weighted by Gasteiger charge is 2.10. The fourth-order valence-corrected chi connectivity index (χ4v) is 1.56. The number of carbonyl (C=O) groups excluding carboxylic acids is 1. The third-order valence-corrected chi connectivity index (χ3v) is 2.57. The number of rotatable bonds is 5. The van der Waals surface area contributed by atoms with Crippen molar-refractivity contribution in [3.8, 4) is 0 Å². The quantitative estimate of drug-likeness (QED) is 0.766. The maximum Gasteiger partial charge on any atom is 0.219 e. The van der Waals surface area contributed by atoms with Gasteiger partial charge in [0.05, 0.1) is 0 Å². The molecule has 0 saturated heterocycles. The van der Waals surface area contributed by atoms with Crippen LogP contribution in [-0.2, 0) is 11.2 Å². The van der Waals surface area contributed by atoms with E-state index < -0.39 is 0 Å². The van der Waals surface area contributed by atoms with Crippen molar-refractivity contribution in [3.05, 3.63) is 35.9 Å². The summed E-state index contributed by atoms with van der Waals surface area (Å²) in [4.78, 5) is 11.2. The second-order valence-electron chi connectivity index (χ2n) is 3.46. The fraction of sp³-hybridized carbons (Fsp3) is 0.417. The van der Waals surface area contributed by atoms with Crippen molar-refractivity contribution in [2.75, 3.05) is 5.88 Å². The fourth-order valence-electron chi connectivity index (χ4n) is 1.37. The molecule has 1 aromatic rings. The van der Waals surface area contributed by atoms with E-state index in [1.807, 2.05) is 37.3 Å². The summed E-state index contributed by atoms with van der Waals surface area (Å²) in [5.74, 6) is 0.497. The number of halogens is 1. The number of hydrogen-bond donors (Lipinski definition) is 1. The molecule has 0 aliphatic carbocycles. The molecule has 3 heteroatoms. The van der Waals surface area contributed by atoms with E-state index in [9.17, 15) is 4.79 Å². The van der Waals surface area contributed by atoms with Crippen LogP contribution in [0.15, 0.2) is 30.3 Å². The molecule has 0 aromatic heterocycles. The van der Waals surface area contributed by atoms with Gasteiger partial charge in [-0.3, -0.25) is 4.79 Å². The minimum atomic E-state index is 0.0292. The van der Waals surface area contributed by atoms with E-state index in [1.54, 1.807) is 0 Å². The van der Waals surface area contributed by atoms with Crippen LogP contribution in [0.3, 0.4) is 0 Å². The van der Waals surface area contributed by atoms with Crippen LogP contribution >= 0.6 is 11.6 Å². The Labute approximate surface area is 95.6 Å². The molecule has 1 rings (SSSR count). The molecule has 0 aliphatic heterocycles. The Bertz CT molecular complexity index is 300. The lowest BCUT2D eigenvalue weighted by molar-refractivity contribution is -0.121. The minimum absolute atomic E-state index is 0.0292. The largest absolute Gasteiger partial charge is 0.352 e. The normalized spacial score (nSPS) is 12.1. The molecule has 0 spiro atoms. The summed E-state index contributed by atoms with van der Waals surface area (Å²) in [6.45, 7) is 1.84. The van der Waals surface area contributed by atoms with Gasteiger partial charge < -0.3 is 5.32 Å². The van der Waals surface area contributed by atoms with Gasteiger partial charge in [0, 0.05) is 18.3 Å². The number of amides is 1. The van der Waals surface area contributed by atoms with Gasteiger partial charge in [0.1, 0.15) is 0 Å². The van der Waals surface area contributed by atoms with E-state index in [2.05, 4.69) is 5.32 Å². The van der Waals surface area contributed by atoms with Gasteiger partial charge in [-0.15, -0.1) is 11.6 Å². The zero-order chi connectivity index (χ0) is 11.1. The molecule has 1 aromatic carbocycles. The van der Waals surface area contributed by atoms with E-state index >= 15 is 0 Å². The van der Waals surface area contributed by atoms with Gasteiger partial charge >= 0.3 is 0 Å². The summed E-state index contributed by atoms with van der Waals surface area (Å²) >= 11 is 5.80. The van der Waals surface area contributed by atoms with Crippen LogP contribution in [0.25, 0.3) is 0 Å². The Kier molecular flexibility index (Phi) is 5.19. The summed E-state index contributed by atoms with van der Waals surface area (Å²) in [5, 5.41) is 2.89. The lowest BCUT2D eigenvalue weighted by Gasteiger charge is -2.15. The highest BCUT2D eigenvalue weighted by molar-refractivity contribution is 6.18. The molecule has 1 N–H and O–H groups in total. The summed E-state index contributed by atoms with van der Waals surface area (Å²) < 4.78 is 0. The minimum Gasteiger partial charge on any atom is -0.352 e. The standard InChI is InChI=1S/C12H16ClNO/c1-2-12(15)14-11(9-13)8-10-6-4-3-5-7-10/h3-7,11H,2,8-9H2,1H3,(H,14,15). The van der Waals surface area contributed by atoms with Crippen LogP contribution in [0, 0.1) is 0 Å². The number of nitrogens with one attached hydrogen (secondary N) is 1. The smallest absolute Gasteiger partial charge is 0.219 e. The van der Waals surface area contributed by atoms with E-state index in [-0.39, 0.29) is 11.9 Å². The van der Waals surface area contributed by atoms with E-state index in [1.165, 1.54) is 5.56 Å². The number of benzene rings is 1. The van der Waals surface area contributed by atoms with Crippen LogP contribution in [-0.4, -0.2) is 17.8 Å². The Morgan fingerprint density at radius 2 is 2.07 bits per heavy atom. The van der Waals surface area contributed by atoms with Crippen molar-refractivity contribution >= 4 is 17.5 Å². The molecule has 1 amide bonds. The topological polar surface area (TPSA) is 29.1 Å². The van der Waals surface area contributed by atoms with Crippen LogP contribution in [0.4, 0.5) is 0 Å². The third kappa shape index (κ3) is 4.34. The van der Waals surface area contributed by atoms with Crippen LogP contribution in [0.5, 0.6) is 0 Å². The summed E-state index contributed by atoms with van der Waals surface area (Å²) in [6, 6.07) is 10.1. The van der Waals surface area contributed by atoms with E-state index in [0.29, 0.717) is 12.3 Å². The van der Waals surface area contributed by atoms with Crippen molar-refractivity contribution in [3.63, 3.8) is 0 Å². The first-order valence-electron chi connectivity index (χ1n) is 5.15. The first-order chi connectivity index (χ1) is 7.26. The van der Waals surface area contributed by atoms with E-state index in [4.69, 9.17) is 11.6 Å². The zero-order valence-corrected chi connectivity index (χ0v) is 9.63. The first kappa shape index (κ1) is 12.1. The molecule has 0 radical (unpaired) electrons. The molecule has 0 bridgehead atoms. The first-order valence-corrected chi connectivity index (χ1v) is 5.69. The zero-order valence-electron chi connectivity index (χ0n) is 8.87. The Morgan fingerprint density at radius 1 is 1.40 bits per heavy atom. The van der Waals surface area contributed by atoms with Gasteiger partial charge in [-0.2, -0.15) is 0 Å². The maximum absolute atomic E-state index is 11.2. The van der Waals surface area contributed by atoms with Gasteiger partial charge in [0.2, 0.25) is 5.91 Å². The second kappa shape index (κ2) is 6.46. The number of carbonyl (C=O) groups is 1. The highest BCUT2D eigenvalue weighted by atomic mass is 35.5. The molecule has 0 fully saturated rings. The molecule has 0 aliphatic rings. The van der Waals surface area contributed by atoms with Gasteiger partial charge in [-0.05, 0) is 12.0 Å². The average molecular weight is 226 g/mol. The predicted octanol–water partition coefficient (Wildman–Crippen LogP) is 2.36.